The van der Waals surface area contributed by atoms with Gasteiger partial charge >= 0.3 is 5.69 Å². The number of aryl methyl sites for hydroxylation is 2. The summed E-state index contributed by atoms with van der Waals surface area (Å²) in [7, 11) is 0. The quantitative estimate of drug-likeness (QED) is 0.574. The Hall–Kier alpha value is -3.15. The fourth-order valence-electron chi connectivity index (χ4n) is 3.48. The summed E-state index contributed by atoms with van der Waals surface area (Å²) in [6.07, 6.45) is 0. The Balaban J connectivity index is 1.95. The van der Waals surface area contributed by atoms with E-state index in [2.05, 4.69) is 15.1 Å². The Bertz CT molecular complexity index is 1130. The molecule has 1 unspecified atom stereocenters. The van der Waals surface area contributed by atoms with Crippen molar-refractivity contribution < 1.29 is 8.91 Å². The van der Waals surface area contributed by atoms with Gasteiger partial charge in [-0.05, 0) is 54.8 Å². The monoisotopic (exact) mass is 351 g/mol. The first kappa shape index (κ1) is 16.3. The van der Waals surface area contributed by atoms with Crippen molar-refractivity contribution in [2.24, 2.45) is 0 Å². The number of aromatic amines is 2. The Kier molecular flexibility index (Phi) is 3.76. The molecule has 2 aromatic carbocycles. The zero-order valence-electron chi connectivity index (χ0n) is 14.7. The fourth-order valence-corrected chi connectivity index (χ4v) is 3.48. The van der Waals surface area contributed by atoms with Gasteiger partial charge in [-0.2, -0.15) is 0 Å². The highest BCUT2D eigenvalue weighted by Crippen LogP contribution is 2.35. The van der Waals surface area contributed by atoms with E-state index in [9.17, 15) is 9.18 Å². The molecule has 1 atom stereocenters. The lowest BCUT2D eigenvalue weighted by Crippen LogP contribution is -2.01. The molecule has 0 aliphatic carbocycles. The van der Waals surface area contributed by atoms with E-state index < -0.39 is 0 Å². The van der Waals surface area contributed by atoms with Crippen LogP contribution in [0.5, 0.6) is 0 Å². The normalized spacial score (nSPS) is 12.6. The third-order valence-electron chi connectivity index (χ3n) is 4.81. The van der Waals surface area contributed by atoms with Crippen molar-refractivity contribution in [3.63, 3.8) is 0 Å². The first-order valence-corrected chi connectivity index (χ1v) is 8.38. The molecule has 4 aromatic rings. The summed E-state index contributed by atoms with van der Waals surface area (Å²) in [4.78, 5) is 17.6. The SMILES string of the molecule is Cc1noc(C)c1-c1cc(C(C)c2ccc(F)cc2)c2[nH]c(=O)[nH]c2c1. The molecule has 2 heterocycles. The van der Waals surface area contributed by atoms with Gasteiger partial charge in [0.05, 0.1) is 16.7 Å². The van der Waals surface area contributed by atoms with Gasteiger partial charge in [0.25, 0.3) is 0 Å². The number of hydrogen-bond acceptors (Lipinski definition) is 3. The van der Waals surface area contributed by atoms with Gasteiger partial charge in [-0.25, -0.2) is 9.18 Å². The predicted molar refractivity (Wildman–Crippen MR) is 97.8 cm³/mol. The van der Waals surface area contributed by atoms with Crippen LogP contribution >= 0.6 is 0 Å². The van der Waals surface area contributed by atoms with Crippen LogP contribution in [0.25, 0.3) is 22.2 Å². The first-order chi connectivity index (χ1) is 12.4. The molecule has 0 saturated heterocycles. The third kappa shape index (κ3) is 2.63. The zero-order valence-corrected chi connectivity index (χ0v) is 14.7. The second kappa shape index (κ2) is 5.98. The second-order valence-corrected chi connectivity index (χ2v) is 6.54. The van der Waals surface area contributed by atoms with E-state index in [-0.39, 0.29) is 17.4 Å². The van der Waals surface area contributed by atoms with Gasteiger partial charge in [0.1, 0.15) is 11.6 Å². The van der Waals surface area contributed by atoms with Gasteiger partial charge in [0.15, 0.2) is 0 Å². The van der Waals surface area contributed by atoms with Crippen molar-refractivity contribution in [1.29, 1.82) is 0 Å². The maximum absolute atomic E-state index is 13.3. The standard InChI is InChI=1S/C20H18FN3O2/c1-10(13-4-6-15(21)7-5-13)16-8-14(18-11(2)24-26-12(18)3)9-17-19(16)23-20(25)22-17/h4-10H,1-3H3,(H2,22,23,25). The average Bonchev–Trinajstić information content (AvgIpc) is 3.15. The van der Waals surface area contributed by atoms with Crippen LogP contribution in [0.1, 0.15) is 35.4 Å². The van der Waals surface area contributed by atoms with Crippen molar-refractivity contribution in [2.45, 2.75) is 26.7 Å². The first-order valence-electron chi connectivity index (χ1n) is 8.38. The fraction of sp³-hybridized carbons (Fsp3) is 0.200. The van der Waals surface area contributed by atoms with Crippen LogP contribution < -0.4 is 5.69 Å². The predicted octanol–water partition coefficient (Wildman–Crippen LogP) is 4.42. The molecular weight excluding hydrogens is 333 g/mol. The van der Waals surface area contributed by atoms with Crippen molar-refractivity contribution in [2.75, 3.05) is 0 Å². The highest BCUT2D eigenvalue weighted by atomic mass is 19.1. The minimum absolute atomic E-state index is 0.0371. The van der Waals surface area contributed by atoms with Crippen LogP contribution in [-0.4, -0.2) is 15.1 Å². The number of nitrogens with one attached hydrogen (secondary N) is 2. The maximum Gasteiger partial charge on any atom is 0.323 e. The Morgan fingerprint density at radius 3 is 2.50 bits per heavy atom. The molecule has 6 heteroatoms. The average molecular weight is 351 g/mol. The highest BCUT2D eigenvalue weighted by Gasteiger charge is 2.19. The third-order valence-corrected chi connectivity index (χ3v) is 4.81. The minimum atomic E-state index is -0.273. The van der Waals surface area contributed by atoms with Crippen LogP contribution in [0.3, 0.4) is 0 Å². The number of H-pyrrole nitrogens is 2. The second-order valence-electron chi connectivity index (χ2n) is 6.54. The summed E-state index contributed by atoms with van der Waals surface area (Å²) in [5.74, 6) is 0.413. The largest absolute Gasteiger partial charge is 0.361 e. The molecule has 0 spiro atoms. The lowest BCUT2D eigenvalue weighted by atomic mass is 9.89. The number of hydrogen-bond donors (Lipinski definition) is 2. The van der Waals surface area contributed by atoms with Crippen molar-refractivity contribution in [1.82, 2.24) is 15.1 Å². The molecule has 26 heavy (non-hydrogen) atoms. The summed E-state index contributed by atoms with van der Waals surface area (Å²) in [6, 6.07) is 10.4. The molecule has 0 aliphatic rings. The molecule has 0 amide bonds. The molecule has 0 fully saturated rings. The lowest BCUT2D eigenvalue weighted by Gasteiger charge is -2.15. The molecule has 132 valence electrons. The molecule has 0 bridgehead atoms. The number of imidazole rings is 1. The number of rotatable bonds is 3. The van der Waals surface area contributed by atoms with E-state index in [0.29, 0.717) is 0 Å². The van der Waals surface area contributed by atoms with Crippen LogP contribution in [0.15, 0.2) is 45.7 Å². The van der Waals surface area contributed by atoms with Crippen molar-refractivity contribution in [3.05, 3.63) is 75.3 Å². The topological polar surface area (TPSA) is 74.7 Å². The number of halogens is 1. The Morgan fingerprint density at radius 2 is 1.85 bits per heavy atom. The molecule has 0 radical (unpaired) electrons. The van der Waals surface area contributed by atoms with Gasteiger partial charge < -0.3 is 14.5 Å². The summed E-state index contributed by atoms with van der Waals surface area (Å²) in [6.45, 7) is 5.78. The maximum atomic E-state index is 13.3. The van der Waals surface area contributed by atoms with E-state index in [0.717, 1.165) is 44.7 Å². The number of aromatic nitrogens is 3. The number of fused-ring (bicyclic) bond motifs is 1. The molecule has 0 aliphatic heterocycles. The van der Waals surface area contributed by atoms with Crippen LogP contribution in [0.4, 0.5) is 4.39 Å². The Labute approximate surface area is 148 Å². The molecular formula is C20H18FN3O2. The lowest BCUT2D eigenvalue weighted by molar-refractivity contribution is 0.393. The van der Waals surface area contributed by atoms with Gasteiger partial charge in [-0.3, -0.25) is 0 Å². The highest BCUT2D eigenvalue weighted by molar-refractivity contribution is 5.86. The molecule has 5 nitrogen and oxygen atoms in total. The number of nitrogens with zero attached hydrogens (tertiary/aromatic N) is 1. The summed E-state index contributed by atoms with van der Waals surface area (Å²) >= 11 is 0. The van der Waals surface area contributed by atoms with E-state index in [4.69, 9.17) is 4.52 Å². The van der Waals surface area contributed by atoms with E-state index in [1.54, 1.807) is 12.1 Å². The summed E-state index contributed by atoms with van der Waals surface area (Å²) in [5, 5.41) is 4.02. The number of benzene rings is 2. The minimum Gasteiger partial charge on any atom is -0.361 e. The smallest absolute Gasteiger partial charge is 0.323 e. The zero-order chi connectivity index (χ0) is 18.4. The van der Waals surface area contributed by atoms with Crippen LogP contribution in [0, 0.1) is 19.7 Å². The molecule has 4 rings (SSSR count). The molecule has 0 saturated carbocycles. The van der Waals surface area contributed by atoms with Crippen molar-refractivity contribution in [3.8, 4) is 11.1 Å². The van der Waals surface area contributed by atoms with E-state index in [1.165, 1.54) is 12.1 Å². The molecule has 2 aromatic heterocycles. The van der Waals surface area contributed by atoms with E-state index in [1.807, 2.05) is 32.9 Å². The van der Waals surface area contributed by atoms with Gasteiger partial charge in [-0.1, -0.05) is 24.2 Å². The van der Waals surface area contributed by atoms with Gasteiger partial charge in [0.2, 0.25) is 0 Å². The van der Waals surface area contributed by atoms with Crippen molar-refractivity contribution >= 4 is 11.0 Å². The van der Waals surface area contributed by atoms with Gasteiger partial charge in [-0.15, -0.1) is 0 Å². The summed E-state index contributed by atoms with van der Waals surface area (Å²) < 4.78 is 18.6. The van der Waals surface area contributed by atoms with E-state index >= 15 is 0 Å². The van der Waals surface area contributed by atoms with Crippen LogP contribution in [-0.2, 0) is 0 Å². The summed E-state index contributed by atoms with van der Waals surface area (Å²) in [5.41, 5.74) is 5.75. The van der Waals surface area contributed by atoms with Gasteiger partial charge in [0, 0.05) is 11.5 Å². The van der Waals surface area contributed by atoms with Crippen LogP contribution in [0.2, 0.25) is 0 Å². The molecule has 2 N–H and O–H groups in total. The Morgan fingerprint density at radius 1 is 1.12 bits per heavy atom.